The van der Waals surface area contributed by atoms with E-state index in [0.717, 1.165) is 0 Å². The number of nitrogens with zero attached hydrogens (tertiary/aromatic N) is 1. The summed E-state index contributed by atoms with van der Waals surface area (Å²) in [7, 11) is 0. The summed E-state index contributed by atoms with van der Waals surface area (Å²) in [4.78, 5) is 11.3. The fourth-order valence-corrected chi connectivity index (χ4v) is 1.60. The number of rotatable bonds is 2. The molecule has 0 saturated heterocycles. The molecule has 2 aromatic rings. The number of nitrogen functional groups attached to an aromatic ring is 1. The van der Waals surface area contributed by atoms with Crippen LogP contribution in [0.2, 0.25) is 5.02 Å². The van der Waals surface area contributed by atoms with Crippen LogP contribution in [0.4, 0.5) is 10.2 Å². The quantitative estimate of drug-likeness (QED) is 0.839. The zero-order chi connectivity index (χ0) is 11.7. The summed E-state index contributed by atoms with van der Waals surface area (Å²) in [6.45, 7) is 0.0719. The highest BCUT2D eigenvalue weighted by atomic mass is 35.5. The van der Waals surface area contributed by atoms with Crippen molar-refractivity contribution < 1.29 is 4.39 Å². The summed E-state index contributed by atoms with van der Waals surface area (Å²) < 4.78 is 14.6. The Hall–Kier alpha value is -1.75. The number of halogens is 2. The first-order chi connectivity index (χ1) is 7.56. The minimum atomic E-state index is -0.413. The molecule has 4 nitrogen and oxygen atoms in total. The number of aromatic amines is 1. The zero-order valence-corrected chi connectivity index (χ0v) is 8.96. The van der Waals surface area contributed by atoms with E-state index in [2.05, 4.69) is 5.10 Å². The first-order valence-electron chi connectivity index (χ1n) is 4.55. The van der Waals surface area contributed by atoms with Gasteiger partial charge in [-0.3, -0.25) is 9.89 Å². The van der Waals surface area contributed by atoms with Crippen LogP contribution in [-0.2, 0) is 6.54 Å². The topological polar surface area (TPSA) is 63.8 Å². The molecule has 0 amide bonds. The Morgan fingerprint density at radius 2 is 2.19 bits per heavy atom. The van der Waals surface area contributed by atoms with Crippen molar-refractivity contribution in [3.8, 4) is 0 Å². The average molecular weight is 242 g/mol. The molecule has 0 spiro atoms. The van der Waals surface area contributed by atoms with Crippen LogP contribution in [0, 0.1) is 5.82 Å². The van der Waals surface area contributed by atoms with Crippen LogP contribution in [0.5, 0.6) is 0 Å². The van der Waals surface area contributed by atoms with E-state index in [9.17, 15) is 9.18 Å². The summed E-state index contributed by atoms with van der Waals surface area (Å²) in [6, 6.07) is 5.42. The molecule has 0 unspecified atom stereocenters. The summed E-state index contributed by atoms with van der Waals surface area (Å²) >= 11 is 5.74. The second-order valence-corrected chi connectivity index (χ2v) is 3.81. The molecule has 2 rings (SSSR count). The van der Waals surface area contributed by atoms with Crippen molar-refractivity contribution in [1.29, 1.82) is 0 Å². The summed E-state index contributed by atoms with van der Waals surface area (Å²) in [5, 5.41) is 3.03. The highest BCUT2D eigenvalue weighted by Gasteiger charge is 2.06. The summed E-state index contributed by atoms with van der Waals surface area (Å²) in [6.07, 6.45) is 0. The maximum atomic E-state index is 13.4. The zero-order valence-electron chi connectivity index (χ0n) is 8.21. The minimum absolute atomic E-state index is 0.0719. The van der Waals surface area contributed by atoms with Gasteiger partial charge in [-0.2, -0.15) is 0 Å². The second-order valence-electron chi connectivity index (χ2n) is 3.37. The molecule has 1 aromatic heterocycles. The number of anilines is 1. The Labute approximate surface area is 95.4 Å². The third-order valence-corrected chi connectivity index (χ3v) is 2.38. The van der Waals surface area contributed by atoms with Gasteiger partial charge < -0.3 is 5.73 Å². The molecule has 0 bridgehead atoms. The van der Waals surface area contributed by atoms with Crippen LogP contribution in [0.25, 0.3) is 0 Å². The largest absolute Gasteiger partial charge is 0.384 e. The maximum Gasteiger partial charge on any atom is 0.268 e. The Balaban J connectivity index is 2.37. The van der Waals surface area contributed by atoms with E-state index >= 15 is 0 Å². The number of H-pyrrole nitrogens is 1. The van der Waals surface area contributed by atoms with Crippen molar-refractivity contribution >= 4 is 17.4 Å². The summed E-state index contributed by atoms with van der Waals surface area (Å²) in [5.41, 5.74) is 5.43. The van der Waals surface area contributed by atoms with Crippen LogP contribution < -0.4 is 11.3 Å². The van der Waals surface area contributed by atoms with Crippen LogP contribution in [0.1, 0.15) is 5.56 Å². The predicted molar refractivity (Wildman–Crippen MR) is 60.0 cm³/mol. The van der Waals surface area contributed by atoms with E-state index in [1.807, 2.05) is 0 Å². The van der Waals surface area contributed by atoms with Gasteiger partial charge in [-0.15, -0.1) is 0 Å². The third kappa shape index (κ3) is 2.09. The van der Waals surface area contributed by atoms with E-state index in [-0.39, 0.29) is 17.9 Å². The molecule has 1 aromatic carbocycles. The van der Waals surface area contributed by atoms with Crippen molar-refractivity contribution in [1.82, 2.24) is 9.78 Å². The molecule has 3 N–H and O–H groups in total. The standard InChI is InChI=1S/C10H9ClFN3O/c11-7-1-2-8(12)6(3-7)5-15-10(16)4-9(13)14-15/h1-4,14H,5,13H2. The Bertz CT molecular complexity index is 576. The fraction of sp³-hybridized carbons (Fsp3) is 0.100. The molecule has 0 aliphatic heterocycles. The van der Waals surface area contributed by atoms with Crippen molar-refractivity contribution in [2.75, 3.05) is 5.73 Å². The van der Waals surface area contributed by atoms with Crippen LogP contribution >= 0.6 is 11.6 Å². The van der Waals surface area contributed by atoms with Gasteiger partial charge in [0.05, 0.1) is 6.54 Å². The normalized spacial score (nSPS) is 10.6. The van der Waals surface area contributed by atoms with E-state index in [1.165, 1.54) is 28.9 Å². The number of nitrogens with two attached hydrogens (primary N) is 1. The molecule has 0 saturated carbocycles. The average Bonchev–Trinajstić information content (AvgIpc) is 2.51. The number of nitrogens with one attached hydrogen (secondary N) is 1. The van der Waals surface area contributed by atoms with Gasteiger partial charge in [0.1, 0.15) is 11.6 Å². The lowest BCUT2D eigenvalue weighted by molar-refractivity contribution is 0.580. The fourth-order valence-electron chi connectivity index (χ4n) is 1.41. The second kappa shape index (κ2) is 4.02. The molecule has 0 aliphatic rings. The van der Waals surface area contributed by atoms with E-state index < -0.39 is 5.82 Å². The first-order valence-corrected chi connectivity index (χ1v) is 4.93. The molecule has 0 aliphatic carbocycles. The molecule has 0 radical (unpaired) electrons. The smallest absolute Gasteiger partial charge is 0.268 e. The van der Waals surface area contributed by atoms with Gasteiger partial charge >= 0.3 is 0 Å². The minimum Gasteiger partial charge on any atom is -0.384 e. The van der Waals surface area contributed by atoms with Crippen molar-refractivity contribution in [2.45, 2.75) is 6.54 Å². The van der Waals surface area contributed by atoms with Crippen LogP contribution in [0.3, 0.4) is 0 Å². The van der Waals surface area contributed by atoms with Gasteiger partial charge in [0.25, 0.3) is 5.56 Å². The molecular formula is C10H9ClFN3O. The lowest BCUT2D eigenvalue weighted by Crippen LogP contribution is -2.17. The lowest BCUT2D eigenvalue weighted by Gasteiger charge is -2.04. The summed E-state index contributed by atoms with van der Waals surface area (Å²) in [5.74, 6) is -0.170. The van der Waals surface area contributed by atoms with E-state index in [0.29, 0.717) is 10.6 Å². The SMILES string of the molecule is Nc1cc(=O)n(Cc2cc(Cl)ccc2F)[nH]1. The number of aromatic nitrogens is 2. The van der Waals surface area contributed by atoms with Gasteiger partial charge in [-0.25, -0.2) is 9.07 Å². The molecule has 0 atom stereocenters. The highest BCUT2D eigenvalue weighted by Crippen LogP contribution is 2.15. The Morgan fingerprint density at radius 1 is 1.44 bits per heavy atom. The molecule has 6 heteroatoms. The molecular weight excluding hydrogens is 233 g/mol. The first kappa shape index (κ1) is 10.8. The third-order valence-electron chi connectivity index (χ3n) is 2.15. The molecule has 84 valence electrons. The number of hydrogen-bond acceptors (Lipinski definition) is 2. The van der Waals surface area contributed by atoms with Crippen LogP contribution in [0.15, 0.2) is 29.1 Å². The predicted octanol–water partition coefficient (Wildman–Crippen LogP) is 1.60. The molecule has 16 heavy (non-hydrogen) atoms. The lowest BCUT2D eigenvalue weighted by atomic mass is 10.2. The number of hydrogen-bond donors (Lipinski definition) is 2. The molecule has 1 heterocycles. The van der Waals surface area contributed by atoms with E-state index in [1.54, 1.807) is 0 Å². The number of benzene rings is 1. The van der Waals surface area contributed by atoms with Gasteiger partial charge in [0, 0.05) is 16.7 Å². The monoisotopic (exact) mass is 241 g/mol. The van der Waals surface area contributed by atoms with Gasteiger partial charge in [0.2, 0.25) is 0 Å². The Kier molecular flexibility index (Phi) is 2.70. The molecule has 0 fully saturated rings. The van der Waals surface area contributed by atoms with Gasteiger partial charge in [-0.05, 0) is 18.2 Å². The van der Waals surface area contributed by atoms with Crippen molar-refractivity contribution in [2.24, 2.45) is 0 Å². The Morgan fingerprint density at radius 3 is 2.81 bits per heavy atom. The highest BCUT2D eigenvalue weighted by molar-refractivity contribution is 6.30. The van der Waals surface area contributed by atoms with Gasteiger partial charge in [0.15, 0.2) is 0 Å². The maximum absolute atomic E-state index is 13.4. The van der Waals surface area contributed by atoms with Gasteiger partial charge in [-0.1, -0.05) is 11.6 Å². The van der Waals surface area contributed by atoms with E-state index in [4.69, 9.17) is 17.3 Å². The van der Waals surface area contributed by atoms with Crippen molar-refractivity contribution in [3.05, 3.63) is 51.0 Å². The van der Waals surface area contributed by atoms with Crippen LogP contribution in [-0.4, -0.2) is 9.78 Å². The van der Waals surface area contributed by atoms with Crippen molar-refractivity contribution in [3.63, 3.8) is 0 Å².